The molecule has 12 nitrogen and oxygen atoms in total. The van der Waals surface area contributed by atoms with E-state index in [0.717, 1.165) is 66.0 Å². The molecule has 0 spiro atoms. The quantitative estimate of drug-likeness (QED) is 0.291. The van der Waals surface area contributed by atoms with Gasteiger partial charge in [0, 0.05) is 54.8 Å². The molecule has 4 aromatic rings. The van der Waals surface area contributed by atoms with Crippen LogP contribution in [0.1, 0.15) is 60.5 Å². The normalized spacial score (nSPS) is 26.3. The predicted octanol–water partition coefficient (Wildman–Crippen LogP) is 3.61. The molecule has 4 amide bonds. The van der Waals surface area contributed by atoms with Gasteiger partial charge in [-0.05, 0) is 74.8 Å². The molecular formula is C34H39FN8O4. The number of carbonyl (C=O) groups excluding carboxylic acids is 3. The van der Waals surface area contributed by atoms with Gasteiger partial charge in [-0.25, -0.2) is 19.2 Å². The van der Waals surface area contributed by atoms with E-state index in [1.54, 1.807) is 19.2 Å². The number of pyridine rings is 1. The number of piperidine rings is 1. The minimum Gasteiger partial charge on any atom is -0.494 e. The molecule has 5 heterocycles. The molecule has 4 N–H and O–H groups in total. The van der Waals surface area contributed by atoms with E-state index in [-0.39, 0.29) is 42.7 Å². The Morgan fingerprint density at radius 3 is 2.68 bits per heavy atom. The van der Waals surface area contributed by atoms with Crippen LogP contribution in [0, 0.1) is 11.8 Å². The maximum atomic E-state index is 14.3. The van der Waals surface area contributed by atoms with Crippen LogP contribution >= 0.6 is 0 Å². The highest BCUT2D eigenvalue weighted by molar-refractivity contribution is 6.00. The Balaban J connectivity index is 1.17. The van der Waals surface area contributed by atoms with E-state index >= 15 is 0 Å². The highest BCUT2D eigenvalue weighted by atomic mass is 19.1. The van der Waals surface area contributed by atoms with E-state index in [2.05, 4.69) is 33.4 Å². The number of alkyl halides is 1. The first kappa shape index (κ1) is 29.9. The maximum absolute atomic E-state index is 14.3. The fourth-order valence-electron chi connectivity index (χ4n) is 7.85. The average molecular weight is 643 g/mol. The number of nitrogens with zero attached hydrogens (tertiary/aromatic N) is 5. The molecule has 0 bridgehead atoms. The summed E-state index contributed by atoms with van der Waals surface area (Å²) >= 11 is 0. The Kier molecular flexibility index (Phi) is 7.19. The molecule has 0 radical (unpaired) electrons. The van der Waals surface area contributed by atoms with Gasteiger partial charge in [-0.2, -0.15) is 0 Å². The van der Waals surface area contributed by atoms with Crippen molar-refractivity contribution >= 4 is 39.9 Å². The Bertz CT molecular complexity index is 1920. The van der Waals surface area contributed by atoms with Crippen LogP contribution in [-0.4, -0.2) is 80.3 Å². The number of halogens is 1. The number of amides is 4. The van der Waals surface area contributed by atoms with Crippen molar-refractivity contribution in [1.29, 1.82) is 0 Å². The molecule has 4 fully saturated rings. The van der Waals surface area contributed by atoms with Gasteiger partial charge in [0.25, 0.3) is 5.91 Å². The fourth-order valence-corrected chi connectivity index (χ4v) is 7.85. The van der Waals surface area contributed by atoms with Crippen molar-refractivity contribution in [3.8, 4) is 17.3 Å². The molecule has 4 aliphatic rings. The summed E-state index contributed by atoms with van der Waals surface area (Å²) in [7, 11) is 3.51. The van der Waals surface area contributed by atoms with Gasteiger partial charge in [-0.3, -0.25) is 14.9 Å². The number of likely N-dealkylation sites (tertiary alicyclic amines) is 1. The lowest BCUT2D eigenvalue weighted by molar-refractivity contribution is -0.127. The second-order valence-electron chi connectivity index (χ2n) is 13.8. The summed E-state index contributed by atoms with van der Waals surface area (Å²) in [5, 5.41) is 6.33. The number of nitrogens with two attached hydrogens (primary N) is 1. The number of aromatic nitrogens is 4. The van der Waals surface area contributed by atoms with Crippen LogP contribution < -0.4 is 21.1 Å². The largest absolute Gasteiger partial charge is 0.494 e. The summed E-state index contributed by atoms with van der Waals surface area (Å²) in [6, 6.07) is 8.77. The zero-order chi connectivity index (χ0) is 32.6. The van der Waals surface area contributed by atoms with Crippen LogP contribution in [0.3, 0.4) is 0 Å². The SMILES string of the molecule is COc1cc(C(=O)N2C[C@H](N)C[C@@H](F)C2)cc2nc(-c3cc4ccc(C5CCC6NC(=O)NC(=O)C6C5)nc4n3CC3CC3)n(C)c12. The highest BCUT2D eigenvalue weighted by Gasteiger charge is 2.41. The summed E-state index contributed by atoms with van der Waals surface area (Å²) in [5.74, 6) is 1.12. The van der Waals surface area contributed by atoms with Crippen LogP contribution in [0.2, 0.25) is 0 Å². The number of imidazole rings is 1. The van der Waals surface area contributed by atoms with E-state index in [1.165, 1.54) is 4.90 Å². The molecule has 3 unspecified atom stereocenters. The maximum Gasteiger partial charge on any atom is 0.321 e. The second-order valence-corrected chi connectivity index (χ2v) is 13.8. The Morgan fingerprint density at radius 1 is 1.09 bits per heavy atom. The predicted molar refractivity (Wildman–Crippen MR) is 173 cm³/mol. The van der Waals surface area contributed by atoms with Crippen molar-refractivity contribution in [2.24, 2.45) is 24.6 Å². The van der Waals surface area contributed by atoms with Gasteiger partial charge in [-0.1, -0.05) is 0 Å². The third-order valence-corrected chi connectivity index (χ3v) is 10.4. The van der Waals surface area contributed by atoms with Crippen LogP contribution in [0.15, 0.2) is 30.3 Å². The van der Waals surface area contributed by atoms with Gasteiger partial charge in [-0.15, -0.1) is 0 Å². The van der Waals surface area contributed by atoms with Gasteiger partial charge >= 0.3 is 6.03 Å². The number of hydrogen-bond donors (Lipinski definition) is 3. The zero-order valence-corrected chi connectivity index (χ0v) is 26.5. The topological polar surface area (TPSA) is 149 Å². The Hall–Kier alpha value is -4.52. The number of aryl methyl sites for hydroxylation is 1. The summed E-state index contributed by atoms with van der Waals surface area (Å²) in [5.41, 5.74) is 10.5. The number of fused-ring (bicyclic) bond motifs is 3. The molecule has 1 aromatic carbocycles. The summed E-state index contributed by atoms with van der Waals surface area (Å²) < 4.78 is 24.3. The molecule has 246 valence electrons. The molecule has 47 heavy (non-hydrogen) atoms. The van der Waals surface area contributed by atoms with Crippen LogP contribution in [-0.2, 0) is 18.4 Å². The molecule has 5 atom stereocenters. The monoisotopic (exact) mass is 642 g/mol. The lowest BCUT2D eigenvalue weighted by Crippen LogP contribution is -2.59. The smallest absolute Gasteiger partial charge is 0.321 e. The summed E-state index contributed by atoms with van der Waals surface area (Å²) in [4.78, 5) is 49.7. The highest BCUT2D eigenvalue weighted by Crippen LogP contribution is 2.40. The second kappa shape index (κ2) is 11.3. The molecular weight excluding hydrogens is 603 g/mol. The number of methoxy groups -OCH3 is 1. The van der Waals surface area contributed by atoms with Crippen molar-refractivity contribution in [3.05, 3.63) is 41.6 Å². The zero-order valence-electron chi connectivity index (χ0n) is 26.5. The lowest BCUT2D eigenvalue weighted by Gasteiger charge is -2.38. The molecule has 3 aromatic heterocycles. The van der Waals surface area contributed by atoms with Crippen molar-refractivity contribution < 1.29 is 23.5 Å². The number of imide groups is 1. The fraction of sp³-hybridized carbons (Fsp3) is 0.500. The molecule has 2 aliphatic heterocycles. The van der Waals surface area contributed by atoms with Gasteiger partial charge < -0.3 is 29.8 Å². The van der Waals surface area contributed by atoms with E-state index in [1.807, 2.05) is 11.6 Å². The Morgan fingerprint density at radius 2 is 1.91 bits per heavy atom. The van der Waals surface area contributed by atoms with Gasteiger partial charge in [0.15, 0.2) is 5.82 Å². The number of ether oxygens (including phenoxy) is 1. The van der Waals surface area contributed by atoms with Gasteiger partial charge in [0.05, 0.1) is 30.8 Å². The van der Waals surface area contributed by atoms with Crippen molar-refractivity contribution in [3.63, 3.8) is 0 Å². The standard InChI is InChI=1S/C34H39FN8O4/c1-41-29-26(10-20(12-28(29)47-2)33(45)42-15-21(35)13-22(36)16-42)38-31(41)27-11-19-6-7-24(37-30(19)43(27)14-17-3-4-17)18-5-8-25-23(9-18)32(44)40-34(46)39-25/h6-7,10-12,17-18,21-23,25H,3-5,8-9,13-16,36H2,1-2H3,(H2,39,40,44,46)/t18?,21-,22-,23?,25?/m1/s1. The number of carbonyl (C=O) groups is 3. The van der Waals surface area contributed by atoms with E-state index in [0.29, 0.717) is 35.7 Å². The third-order valence-electron chi connectivity index (χ3n) is 10.4. The number of benzene rings is 1. The number of rotatable bonds is 6. The molecule has 2 saturated heterocycles. The van der Waals surface area contributed by atoms with Crippen LogP contribution in [0.5, 0.6) is 5.75 Å². The van der Waals surface area contributed by atoms with Crippen molar-refractivity contribution in [2.45, 2.75) is 69.2 Å². The van der Waals surface area contributed by atoms with Crippen LogP contribution in [0.4, 0.5) is 9.18 Å². The Labute approximate surface area is 270 Å². The molecule has 2 saturated carbocycles. The minimum atomic E-state index is -1.15. The first-order chi connectivity index (χ1) is 22.7. The average Bonchev–Trinajstić information content (AvgIpc) is 3.72. The number of hydrogen-bond acceptors (Lipinski definition) is 7. The van der Waals surface area contributed by atoms with E-state index < -0.39 is 18.2 Å². The molecule has 13 heteroatoms. The summed E-state index contributed by atoms with van der Waals surface area (Å²) in [6.07, 6.45) is 3.62. The summed E-state index contributed by atoms with van der Waals surface area (Å²) in [6.45, 7) is 1.13. The van der Waals surface area contributed by atoms with Crippen molar-refractivity contribution in [1.82, 2.24) is 34.6 Å². The number of nitrogens with one attached hydrogen (secondary N) is 2. The van der Waals surface area contributed by atoms with Crippen LogP contribution in [0.25, 0.3) is 33.6 Å². The first-order valence-electron chi connectivity index (χ1n) is 16.5. The minimum absolute atomic E-state index is 0.0163. The lowest BCUT2D eigenvalue weighted by atomic mass is 9.75. The van der Waals surface area contributed by atoms with Gasteiger partial charge in [0.1, 0.15) is 23.1 Å². The van der Waals surface area contributed by atoms with E-state index in [9.17, 15) is 18.8 Å². The molecule has 2 aliphatic carbocycles. The first-order valence-corrected chi connectivity index (χ1v) is 16.5. The van der Waals surface area contributed by atoms with Crippen molar-refractivity contribution in [2.75, 3.05) is 20.2 Å². The number of urea groups is 1. The molecule has 8 rings (SSSR count). The van der Waals surface area contributed by atoms with Gasteiger partial charge in [0.2, 0.25) is 5.91 Å². The van der Waals surface area contributed by atoms with E-state index in [4.69, 9.17) is 20.4 Å². The third kappa shape index (κ3) is 5.30.